The zero-order valence-corrected chi connectivity index (χ0v) is 23.5. The fraction of sp³-hybridized carbons (Fsp3) is 0.533. The first kappa shape index (κ1) is 25.8. The molecule has 2 aromatic rings. The molecule has 2 aromatic carbocycles. The lowest BCUT2D eigenvalue weighted by atomic mass is 9.83. The fourth-order valence-electron chi connectivity index (χ4n) is 6.85. The summed E-state index contributed by atoms with van der Waals surface area (Å²) in [5.74, 6) is 3.57. The first-order valence-electron chi connectivity index (χ1n) is 14.3. The smallest absolute Gasteiger partial charge is 0.315 e. The number of esters is 1. The number of unbranched alkanes of at least 4 members (excludes halogenated alkanes) is 1. The van der Waals surface area contributed by atoms with Crippen molar-refractivity contribution in [1.82, 2.24) is 15.5 Å². The average Bonchev–Trinajstić information content (AvgIpc) is 3.53. The van der Waals surface area contributed by atoms with E-state index in [9.17, 15) is 9.59 Å². The zero-order chi connectivity index (χ0) is 27.2. The Balaban J connectivity index is 0.992. The largest absolute Gasteiger partial charge is 0.493 e. The van der Waals surface area contributed by atoms with Crippen molar-refractivity contribution < 1.29 is 28.5 Å². The second-order valence-electron chi connectivity index (χ2n) is 11.2. The molecule has 2 amide bonds. The minimum atomic E-state index is -0.234. The molecule has 2 saturated heterocycles. The van der Waals surface area contributed by atoms with Crippen LogP contribution in [0.2, 0.25) is 0 Å². The number of ether oxygens (including phenoxy) is 4. The Morgan fingerprint density at radius 1 is 1.12 bits per heavy atom. The minimum absolute atomic E-state index is 0.0628. The van der Waals surface area contributed by atoms with Gasteiger partial charge in [-0.2, -0.15) is 11.8 Å². The van der Waals surface area contributed by atoms with E-state index >= 15 is 0 Å². The third-order valence-corrected chi connectivity index (χ3v) is 10.4. The number of thioether (sulfide) groups is 1. The SMILES string of the molecule is COc1cc2c(cc1OC(=O)CCCCC1SCC3NC(=O)NC31)CCN1Cc3c(ccc4c3OCCO4)C[C@H]21. The van der Waals surface area contributed by atoms with Crippen LogP contribution < -0.4 is 29.6 Å². The molecule has 212 valence electrons. The van der Waals surface area contributed by atoms with Crippen LogP contribution in [0, 0.1) is 0 Å². The molecule has 5 heterocycles. The summed E-state index contributed by atoms with van der Waals surface area (Å²) >= 11 is 1.90. The quantitative estimate of drug-likeness (QED) is 0.227. The second-order valence-corrected chi connectivity index (χ2v) is 12.5. The molecule has 2 fully saturated rings. The number of nitrogens with one attached hydrogen (secondary N) is 2. The van der Waals surface area contributed by atoms with Gasteiger partial charge in [-0.3, -0.25) is 9.69 Å². The van der Waals surface area contributed by atoms with Crippen LogP contribution >= 0.6 is 11.8 Å². The summed E-state index contributed by atoms with van der Waals surface area (Å²) in [5, 5.41) is 6.41. The number of urea groups is 1. The third kappa shape index (κ3) is 4.75. The summed E-state index contributed by atoms with van der Waals surface area (Å²) in [6.45, 7) is 2.94. The Hall–Kier alpha value is -3.11. The predicted molar refractivity (Wildman–Crippen MR) is 151 cm³/mol. The number of hydrogen-bond acceptors (Lipinski definition) is 8. The van der Waals surface area contributed by atoms with E-state index < -0.39 is 0 Å². The topological polar surface area (TPSA) is 98.4 Å². The number of amides is 2. The highest BCUT2D eigenvalue weighted by molar-refractivity contribution is 8.00. The van der Waals surface area contributed by atoms with Gasteiger partial charge in [0.1, 0.15) is 13.2 Å². The molecule has 0 aliphatic carbocycles. The summed E-state index contributed by atoms with van der Waals surface area (Å²) in [4.78, 5) is 26.9. The Kier molecular flexibility index (Phi) is 6.91. The van der Waals surface area contributed by atoms with Gasteiger partial charge < -0.3 is 29.6 Å². The third-order valence-electron chi connectivity index (χ3n) is 8.86. The molecular formula is C30H35N3O6S. The van der Waals surface area contributed by atoms with Crippen LogP contribution in [0.25, 0.3) is 0 Å². The van der Waals surface area contributed by atoms with Crippen LogP contribution in [0.4, 0.5) is 4.79 Å². The van der Waals surface area contributed by atoms with Gasteiger partial charge in [0.2, 0.25) is 0 Å². The molecule has 2 N–H and O–H groups in total. The van der Waals surface area contributed by atoms with Gasteiger partial charge in [-0.25, -0.2) is 4.79 Å². The highest BCUT2D eigenvalue weighted by Crippen LogP contribution is 2.46. The fourth-order valence-corrected chi connectivity index (χ4v) is 8.39. The van der Waals surface area contributed by atoms with E-state index in [0.717, 1.165) is 62.4 Å². The normalized spacial score (nSPS) is 26.1. The lowest BCUT2D eigenvalue weighted by Gasteiger charge is -2.42. The predicted octanol–water partition coefficient (Wildman–Crippen LogP) is 3.75. The van der Waals surface area contributed by atoms with E-state index in [-0.39, 0.29) is 30.1 Å². The summed E-state index contributed by atoms with van der Waals surface area (Å²) < 4.78 is 23.3. The number of methoxy groups -OCH3 is 1. The molecule has 10 heteroatoms. The first-order chi connectivity index (χ1) is 19.6. The van der Waals surface area contributed by atoms with Crippen LogP contribution in [-0.2, 0) is 24.2 Å². The number of hydrogen-bond donors (Lipinski definition) is 2. The van der Waals surface area contributed by atoms with Gasteiger partial charge in [0.25, 0.3) is 0 Å². The highest BCUT2D eigenvalue weighted by atomic mass is 32.2. The van der Waals surface area contributed by atoms with E-state index in [2.05, 4.69) is 27.7 Å². The van der Waals surface area contributed by atoms with Crippen molar-refractivity contribution in [3.8, 4) is 23.0 Å². The van der Waals surface area contributed by atoms with Crippen molar-refractivity contribution in [2.24, 2.45) is 0 Å². The van der Waals surface area contributed by atoms with Crippen molar-refractivity contribution in [1.29, 1.82) is 0 Å². The van der Waals surface area contributed by atoms with Crippen molar-refractivity contribution in [3.05, 3.63) is 46.5 Å². The second kappa shape index (κ2) is 10.7. The number of benzene rings is 2. The number of rotatable bonds is 7. The molecule has 5 aliphatic heterocycles. The number of fused-ring (bicyclic) bond motifs is 7. The Morgan fingerprint density at radius 3 is 2.92 bits per heavy atom. The lowest BCUT2D eigenvalue weighted by molar-refractivity contribution is -0.134. The number of nitrogens with zero attached hydrogens (tertiary/aromatic N) is 1. The molecule has 0 bridgehead atoms. The lowest BCUT2D eigenvalue weighted by Crippen LogP contribution is -2.39. The van der Waals surface area contributed by atoms with Gasteiger partial charge in [-0.15, -0.1) is 0 Å². The van der Waals surface area contributed by atoms with E-state index in [0.29, 0.717) is 36.4 Å². The maximum Gasteiger partial charge on any atom is 0.315 e. The van der Waals surface area contributed by atoms with Crippen LogP contribution in [0.5, 0.6) is 23.0 Å². The molecule has 5 aliphatic rings. The molecule has 0 aromatic heterocycles. The van der Waals surface area contributed by atoms with Gasteiger partial charge in [-0.05, 0) is 60.6 Å². The maximum absolute atomic E-state index is 12.8. The van der Waals surface area contributed by atoms with Crippen molar-refractivity contribution in [2.45, 2.75) is 68.4 Å². The molecule has 9 nitrogen and oxygen atoms in total. The zero-order valence-electron chi connectivity index (χ0n) is 22.7. The Labute approximate surface area is 238 Å². The van der Waals surface area contributed by atoms with Gasteiger partial charge >= 0.3 is 12.0 Å². The minimum Gasteiger partial charge on any atom is -0.493 e. The van der Waals surface area contributed by atoms with E-state index in [1.807, 2.05) is 23.9 Å². The van der Waals surface area contributed by atoms with E-state index in [1.165, 1.54) is 22.3 Å². The Bertz CT molecular complexity index is 1340. The van der Waals surface area contributed by atoms with Gasteiger partial charge in [-0.1, -0.05) is 12.5 Å². The summed E-state index contributed by atoms with van der Waals surface area (Å²) in [6, 6.07) is 8.88. The van der Waals surface area contributed by atoms with Crippen LogP contribution in [0.15, 0.2) is 24.3 Å². The molecule has 4 atom stereocenters. The van der Waals surface area contributed by atoms with Crippen molar-refractivity contribution in [2.75, 3.05) is 32.6 Å². The molecule has 0 spiro atoms. The van der Waals surface area contributed by atoms with Crippen LogP contribution in [0.1, 0.15) is 54.0 Å². The maximum atomic E-state index is 12.8. The standard InChI is InChI=1S/C30H35N3O6S/c1-36-24-14-19-18(8-9-33-15-20-17(12-22(19)33)6-7-23-29(20)38-11-10-37-23)13-25(24)39-27(34)5-3-2-4-26-28-21(16-40-26)31-30(35)32-28/h6-7,13-14,21-22,26,28H,2-5,8-12,15-16H2,1H3,(H2,31,32,35)/t21?,22-,26?,28?/m1/s1. The monoisotopic (exact) mass is 565 g/mol. The first-order valence-corrected chi connectivity index (χ1v) is 15.4. The van der Waals surface area contributed by atoms with Gasteiger partial charge in [0.05, 0.1) is 19.2 Å². The summed E-state index contributed by atoms with van der Waals surface area (Å²) in [5.41, 5.74) is 4.99. The number of carbonyl (C=O) groups excluding carboxylic acids is 2. The average molecular weight is 566 g/mol. The summed E-state index contributed by atoms with van der Waals surface area (Å²) in [7, 11) is 1.63. The molecule has 0 saturated carbocycles. The highest BCUT2D eigenvalue weighted by Gasteiger charge is 2.42. The van der Waals surface area contributed by atoms with Crippen molar-refractivity contribution >= 4 is 23.8 Å². The molecule has 3 unspecified atom stereocenters. The van der Waals surface area contributed by atoms with Gasteiger partial charge in [0.15, 0.2) is 23.0 Å². The van der Waals surface area contributed by atoms with Gasteiger partial charge in [0, 0.05) is 42.1 Å². The Morgan fingerprint density at radius 2 is 2.02 bits per heavy atom. The van der Waals surface area contributed by atoms with Crippen molar-refractivity contribution in [3.63, 3.8) is 0 Å². The molecule has 40 heavy (non-hydrogen) atoms. The molecular weight excluding hydrogens is 530 g/mol. The van der Waals surface area contributed by atoms with Crippen LogP contribution in [-0.4, -0.2) is 66.9 Å². The molecule has 0 radical (unpaired) electrons. The number of carbonyl (C=O) groups is 2. The van der Waals surface area contributed by atoms with E-state index in [4.69, 9.17) is 18.9 Å². The van der Waals surface area contributed by atoms with E-state index in [1.54, 1.807) is 7.11 Å². The van der Waals surface area contributed by atoms with Crippen LogP contribution in [0.3, 0.4) is 0 Å². The summed E-state index contributed by atoms with van der Waals surface area (Å²) in [6.07, 6.45) is 4.80. The molecule has 7 rings (SSSR count).